The molecule has 1 fully saturated rings. The largest absolute Gasteiger partial charge is 0.480 e. The Kier molecular flexibility index (Phi) is 24.5. The third-order valence-corrected chi connectivity index (χ3v) is 14.2. The molecule has 0 aromatic heterocycles. The molecule has 1 aliphatic carbocycles. The Morgan fingerprint density at radius 2 is 0.369 bits per heavy atom. The van der Waals surface area contributed by atoms with Crippen LogP contribution in [-0.2, 0) is 57.2 Å². The van der Waals surface area contributed by atoms with Gasteiger partial charge in [0, 0.05) is 30.1 Å². The molecule has 0 radical (unpaired) electrons. The average molecular weight is 1400 g/mol. The number of hydrogen-bond donors (Lipinski definition) is 0. The predicted molar refractivity (Wildman–Crippen MR) is 311 cm³/mol. The summed E-state index contributed by atoms with van der Waals surface area (Å²) >= 11 is 74.5. The van der Waals surface area contributed by atoms with Crippen LogP contribution in [0.15, 0.2) is 109 Å². The summed E-state index contributed by atoms with van der Waals surface area (Å²) in [7, 11) is 0. The lowest BCUT2D eigenvalue weighted by atomic mass is 9.83. The van der Waals surface area contributed by atoms with Crippen molar-refractivity contribution in [3.63, 3.8) is 0 Å². The van der Waals surface area contributed by atoms with Crippen molar-refractivity contribution in [2.24, 2.45) is 0 Å². The van der Waals surface area contributed by atoms with Gasteiger partial charge in [-0.1, -0.05) is 139 Å². The van der Waals surface area contributed by atoms with Crippen molar-refractivity contribution in [2.75, 3.05) is 39.6 Å². The molecule has 0 spiro atoms. The van der Waals surface area contributed by atoms with Crippen LogP contribution in [0.1, 0.15) is 0 Å². The molecule has 1 aliphatic rings. The van der Waals surface area contributed by atoms with Gasteiger partial charge in [0.15, 0.2) is 76.3 Å². The van der Waals surface area contributed by atoms with Crippen LogP contribution >= 0.6 is 139 Å². The summed E-state index contributed by atoms with van der Waals surface area (Å²) in [5.74, 6) is -8.59. The van der Waals surface area contributed by atoms with E-state index in [0.717, 1.165) is 0 Å². The Balaban J connectivity index is 1.36. The van der Waals surface area contributed by atoms with E-state index in [1.54, 1.807) is 0 Å². The van der Waals surface area contributed by atoms with E-state index in [2.05, 4.69) is 0 Å². The number of esters is 6. The third kappa shape index (κ3) is 19.2. The van der Waals surface area contributed by atoms with E-state index in [4.69, 9.17) is 196 Å². The average Bonchev–Trinajstić information content (AvgIpc) is 1.83. The minimum absolute atomic E-state index is 0.0525. The van der Waals surface area contributed by atoms with Crippen LogP contribution in [-0.4, -0.2) is 112 Å². The van der Waals surface area contributed by atoms with Gasteiger partial charge < -0.3 is 56.8 Å². The molecule has 0 amide bonds. The monoisotopic (exact) mass is 1390 g/mol. The van der Waals surface area contributed by atoms with Crippen molar-refractivity contribution in [3.05, 3.63) is 169 Å². The molecule has 444 valence electrons. The van der Waals surface area contributed by atoms with E-state index in [1.165, 1.54) is 109 Å². The SMILES string of the molecule is O=C(COc1ccc(Cl)cc1Cl)OC1C(OC(=O)COc2ccc(Cl)cc2Cl)C(OC(=O)COc2ccc(Cl)cc2Cl)C(OC(=O)COc2ccc(Cl)cc2Cl)C(OC(=O)COc2ccc(Cl)cc2Cl)C1OC(=O)COc1ccc(Cl)cc1Cl. The maximum atomic E-state index is 14.3. The quantitative estimate of drug-likeness (QED) is 0.0407. The number of hydrogen-bond acceptors (Lipinski definition) is 18. The van der Waals surface area contributed by atoms with Crippen LogP contribution in [0.5, 0.6) is 34.5 Å². The summed E-state index contributed by atoms with van der Waals surface area (Å²) in [6.07, 6.45) is -13.9. The molecule has 30 heteroatoms. The maximum absolute atomic E-state index is 14.3. The first-order valence-electron chi connectivity index (χ1n) is 23.6. The maximum Gasteiger partial charge on any atom is 0.344 e. The van der Waals surface area contributed by atoms with Crippen molar-refractivity contribution in [1.82, 2.24) is 0 Å². The number of halogens is 12. The van der Waals surface area contributed by atoms with E-state index >= 15 is 0 Å². The summed E-state index contributed by atoms with van der Waals surface area (Å²) in [4.78, 5) is 85.6. The van der Waals surface area contributed by atoms with Gasteiger partial charge in [-0.05, 0) is 109 Å². The molecular formula is C54H36Cl12O18. The highest BCUT2D eigenvalue weighted by Gasteiger charge is 2.61. The number of ether oxygens (including phenoxy) is 12. The lowest BCUT2D eigenvalue weighted by molar-refractivity contribution is -0.263. The van der Waals surface area contributed by atoms with Gasteiger partial charge in [0.2, 0.25) is 0 Å². The first-order chi connectivity index (χ1) is 40.0. The first-order valence-corrected chi connectivity index (χ1v) is 28.2. The molecule has 0 aliphatic heterocycles. The summed E-state index contributed by atoms with van der Waals surface area (Å²) < 4.78 is 69.8. The molecule has 0 heterocycles. The van der Waals surface area contributed by atoms with Crippen LogP contribution < -0.4 is 28.4 Å². The first kappa shape index (κ1) is 66.0. The standard InChI is InChI=1S/C54H36Cl12O18/c55-25-1-7-37(31(61)13-25)73-19-43(67)79-49-50(80-44(68)20-74-38-8-2-26(56)14-32(38)62)52(82-46(70)22-76-40-10-4-28(58)16-34(40)64)54(84-48(72)24-78-42-12-6-30(60)18-36(42)66)53(83-47(71)23-77-41-11-5-29(59)17-35(41)65)51(49)81-45(69)21-75-39-9-3-27(57)15-33(39)63/h1-18,49-54H,19-24H2. The number of carbonyl (C=O) groups is 6. The summed E-state index contributed by atoms with van der Waals surface area (Å²) in [5, 5.41) is 0.914. The highest BCUT2D eigenvalue weighted by molar-refractivity contribution is 6.38. The number of carbonyl (C=O) groups excluding carboxylic acids is 6. The van der Waals surface area contributed by atoms with Gasteiger partial charge in [-0.25, -0.2) is 28.8 Å². The Labute approximate surface area is 536 Å². The topological polar surface area (TPSA) is 213 Å². The van der Waals surface area contributed by atoms with Crippen LogP contribution in [0.25, 0.3) is 0 Å². The van der Waals surface area contributed by atoms with Crippen molar-refractivity contribution in [1.29, 1.82) is 0 Å². The Morgan fingerprint density at radius 3 is 0.488 bits per heavy atom. The van der Waals surface area contributed by atoms with Crippen molar-refractivity contribution in [3.8, 4) is 34.5 Å². The van der Waals surface area contributed by atoms with Crippen molar-refractivity contribution >= 4 is 175 Å². The number of rotatable bonds is 24. The second-order valence-corrected chi connectivity index (χ2v) is 22.0. The van der Waals surface area contributed by atoms with E-state index in [9.17, 15) is 28.8 Å². The van der Waals surface area contributed by atoms with Crippen LogP contribution in [0.4, 0.5) is 0 Å². The van der Waals surface area contributed by atoms with Gasteiger partial charge in [0.1, 0.15) is 34.5 Å². The molecular weight excluding hydrogens is 1360 g/mol. The zero-order chi connectivity index (χ0) is 60.8. The van der Waals surface area contributed by atoms with Gasteiger partial charge in [0.05, 0.1) is 30.1 Å². The predicted octanol–water partition coefficient (Wildman–Crippen LogP) is 13.8. The lowest BCUT2D eigenvalue weighted by Gasteiger charge is -2.47. The Morgan fingerprint density at radius 1 is 0.238 bits per heavy atom. The molecule has 0 bridgehead atoms. The second kappa shape index (κ2) is 31.2. The molecule has 6 aromatic carbocycles. The fourth-order valence-electron chi connectivity index (χ4n) is 7.41. The summed E-state index contributed by atoms with van der Waals surface area (Å²) in [6, 6.07) is 24.1. The molecule has 6 aromatic rings. The second-order valence-electron chi connectivity index (χ2n) is 16.9. The van der Waals surface area contributed by atoms with Crippen molar-refractivity contribution in [2.45, 2.75) is 36.6 Å². The van der Waals surface area contributed by atoms with Gasteiger partial charge >= 0.3 is 35.8 Å². The fraction of sp³-hybridized carbons (Fsp3) is 0.222. The van der Waals surface area contributed by atoms with Crippen molar-refractivity contribution < 1.29 is 85.6 Å². The lowest BCUT2D eigenvalue weighted by Crippen LogP contribution is -2.69. The Hall–Kier alpha value is -5.58. The van der Waals surface area contributed by atoms with E-state index in [1.807, 2.05) is 0 Å². The summed E-state index contributed by atoms with van der Waals surface area (Å²) in [6.45, 7) is -6.09. The van der Waals surface area contributed by atoms with Crippen LogP contribution in [0.2, 0.25) is 60.3 Å². The Bertz CT molecular complexity index is 2830. The van der Waals surface area contributed by atoms with Crippen LogP contribution in [0, 0.1) is 0 Å². The fourth-order valence-corrected chi connectivity index (χ4v) is 10.2. The van der Waals surface area contributed by atoms with E-state index in [-0.39, 0.29) is 94.8 Å². The molecule has 18 nitrogen and oxygen atoms in total. The van der Waals surface area contributed by atoms with E-state index in [0.29, 0.717) is 0 Å². The molecule has 0 unspecified atom stereocenters. The smallest absolute Gasteiger partial charge is 0.344 e. The third-order valence-electron chi connectivity index (χ3n) is 11.0. The number of benzene rings is 6. The summed E-state index contributed by atoms with van der Waals surface area (Å²) in [5.41, 5.74) is 0. The molecule has 0 N–H and O–H groups in total. The van der Waals surface area contributed by atoms with Gasteiger partial charge in [-0.3, -0.25) is 0 Å². The van der Waals surface area contributed by atoms with E-state index < -0.39 is 112 Å². The highest BCUT2D eigenvalue weighted by atomic mass is 35.5. The minimum Gasteiger partial charge on any atom is -0.480 e. The minimum atomic E-state index is -2.32. The van der Waals surface area contributed by atoms with Crippen LogP contribution in [0.3, 0.4) is 0 Å². The zero-order valence-electron chi connectivity index (χ0n) is 42.0. The van der Waals surface area contributed by atoms with Gasteiger partial charge in [0.25, 0.3) is 0 Å². The van der Waals surface area contributed by atoms with Gasteiger partial charge in [-0.2, -0.15) is 0 Å². The molecule has 0 atom stereocenters. The molecule has 1 saturated carbocycles. The molecule has 84 heavy (non-hydrogen) atoms. The molecule has 0 saturated heterocycles. The van der Waals surface area contributed by atoms with Gasteiger partial charge in [-0.15, -0.1) is 0 Å². The highest BCUT2D eigenvalue weighted by Crippen LogP contribution is 2.38. The zero-order valence-corrected chi connectivity index (χ0v) is 51.1. The molecule has 7 rings (SSSR count). The normalized spacial score (nSPS) is 17.1.